The third-order valence-corrected chi connectivity index (χ3v) is 9.23. The summed E-state index contributed by atoms with van der Waals surface area (Å²) >= 11 is 1.34. The first kappa shape index (κ1) is 26.0. The highest BCUT2D eigenvalue weighted by Crippen LogP contribution is 2.41. The molecule has 0 saturated heterocycles. The van der Waals surface area contributed by atoms with Crippen LogP contribution in [0.25, 0.3) is 17.2 Å². The number of carbonyl (C=O) groups excluding carboxylic acids is 2. The Morgan fingerprint density at radius 3 is 2.53 bits per heavy atom. The number of carbonyl (C=O) groups is 2. The zero-order chi connectivity index (χ0) is 27.2. The van der Waals surface area contributed by atoms with Crippen molar-refractivity contribution < 1.29 is 18.0 Å². The van der Waals surface area contributed by atoms with Gasteiger partial charge in [0.2, 0.25) is 15.9 Å². The standard InChI is InChI=1S/C28H28N4O4S2/c1-16-15-30-28(37-16)27(34)31-25-6-4-5-20(17(25)2)21-7-8-22(26(29)33)24-14-19(13-23(21)24)18-9-11-32(12-10-18)38(3,35)36/h4-9,13,15H,10-12,14H2,1-3H3,(H2,29,33)(H,31,34). The first-order valence-corrected chi connectivity index (χ1v) is 14.8. The van der Waals surface area contributed by atoms with Crippen molar-refractivity contribution in [2.24, 2.45) is 5.73 Å². The van der Waals surface area contributed by atoms with Gasteiger partial charge in [0.25, 0.3) is 5.91 Å². The van der Waals surface area contributed by atoms with Crippen molar-refractivity contribution >= 4 is 44.9 Å². The molecule has 0 unspecified atom stereocenters. The number of nitrogens with zero attached hydrogens (tertiary/aromatic N) is 2. The highest BCUT2D eigenvalue weighted by atomic mass is 32.2. The van der Waals surface area contributed by atoms with E-state index in [9.17, 15) is 18.0 Å². The minimum Gasteiger partial charge on any atom is -0.366 e. The monoisotopic (exact) mass is 548 g/mol. The number of allylic oxidation sites excluding steroid dienone is 1. The average Bonchev–Trinajstić information content (AvgIpc) is 3.51. The molecule has 2 heterocycles. The van der Waals surface area contributed by atoms with Gasteiger partial charge in [0.1, 0.15) is 0 Å². The third-order valence-electron chi connectivity index (χ3n) is 7.05. The second kappa shape index (κ2) is 9.94. The van der Waals surface area contributed by atoms with Crippen molar-refractivity contribution in [2.45, 2.75) is 26.7 Å². The zero-order valence-electron chi connectivity index (χ0n) is 21.4. The number of sulfonamides is 1. The summed E-state index contributed by atoms with van der Waals surface area (Å²) in [5.41, 5.74) is 13.6. The van der Waals surface area contributed by atoms with E-state index in [0.717, 1.165) is 43.8 Å². The molecule has 0 atom stereocenters. The summed E-state index contributed by atoms with van der Waals surface area (Å²) in [7, 11) is -3.25. The Labute approximate surface area is 225 Å². The molecule has 2 amide bonds. The van der Waals surface area contributed by atoms with Crippen molar-refractivity contribution in [3.63, 3.8) is 0 Å². The minimum atomic E-state index is -3.25. The van der Waals surface area contributed by atoms with Crippen molar-refractivity contribution in [2.75, 3.05) is 24.7 Å². The van der Waals surface area contributed by atoms with Crippen LogP contribution in [0.5, 0.6) is 0 Å². The molecule has 10 heteroatoms. The molecule has 8 nitrogen and oxygen atoms in total. The van der Waals surface area contributed by atoms with Crippen molar-refractivity contribution in [1.29, 1.82) is 0 Å². The molecule has 5 rings (SSSR count). The second-order valence-corrected chi connectivity index (χ2v) is 12.8. The van der Waals surface area contributed by atoms with E-state index in [1.165, 1.54) is 21.9 Å². The number of primary amides is 1. The summed E-state index contributed by atoms with van der Waals surface area (Å²) in [6.07, 6.45) is 8.08. The van der Waals surface area contributed by atoms with Gasteiger partial charge in [0.15, 0.2) is 5.01 Å². The number of aromatic nitrogens is 1. The fourth-order valence-electron chi connectivity index (χ4n) is 5.05. The van der Waals surface area contributed by atoms with Gasteiger partial charge in [0.05, 0.1) is 6.26 Å². The Balaban J connectivity index is 1.52. The predicted molar refractivity (Wildman–Crippen MR) is 151 cm³/mol. The summed E-state index contributed by atoms with van der Waals surface area (Å²) < 4.78 is 25.3. The lowest BCUT2D eigenvalue weighted by molar-refractivity contribution is 0.0997. The molecule has 196 valence electrons. The number of amides is 2. The number of thiazole rings is 1. The van der Waals surface area contributed by atoms with Gasteiger partial charge in [0, 0.05) is 35.4 Å². The number of hydrogen-bond acceptors (Lipinski definition) is 6. The minimum absolute atomic E-state index is 0.257. The molecular weight excluding hydrogens is 520 g/mol. The van der Waals surface area contributed by atoms with Crippen molar-refractivity contribution in [1.82, 2.24) is 9.29 Å². The maximum absolute atomic E-state index is 12.8. The molecule has 0 spiro atoms. The van der Waals surface area contributed by atoms with E-state index < -0.39 is 15.9 Å². The van der Waals surface area contributed by atoms with Gasteiger partial charge >= 0.3 is 0 Å². The fraction of sp³-hybridized carbons (Fsp3) is 0.250. The quantitative estimate of drug-likeness (QED) is 0.475. The molecule has 0 saturated carbocycles. The molecule has 1 aromatic heterocycles. The van der Waals surface area contributed by atoms with Gasteiger partial charge < -0.3 is 11.1 Å². The Kier molecular flexibility index (Phi) is 6.81. The molecule has 2 aromatic carbocycles. The lowest BCUT2D eigenvalue weighted by Crippen LogP contribution is -2.34. The Bertz CT molecular complexity index is 1650. The number of fused-ring (bicyclic) bond motifs is 1. The van der Waals surface area contributed by atoms with E-state index in [2.05, 4.69) is 16.4 Å². The molecule has 38 heavy (non-hydrogen) atoms. The van der Waals surface area contributed by atoms with Crippen LogP contribution < -0.4 is 11.1 Å². The maximum atomic E-state index is 12.8. The molecule has 0 radical (unpaired) electrons. The summed E-state index contributed by atoms with van der Waals surface area (Å²) in [4.78, 5) is 30.2. The van der Waals surface area contributed by atoms with Crippen LogP contribution in [0.15, 0.2) is 53.8 Å². The molecule has 2 aliphatic rings. The van der Waals surface area contributed by atoms with Crippen molar-refractivity contribution in [3.05, 3.63) is 85.9 Å². The van der Waals surface area contributed by atoms with Crippen LogP contribution in [0.3, 0.4) is 0 Å². The van der Waals surface area contributed by atoms with Crippen LogP contribution in [-0.2, 0) is 16.4 Å². The summed E-state index contributed by atoms with van der Waals surface area (Å²) in [5.74, 6) is -0.744. The number of benzene rings is 2. The van der Waals surface area contributed by atoms with Crippen LogP contribution in [-0.4, -0.2) is 48.9 Å². The van der Waals surface area contributed by atoms with Gasteiger partial charge in [-0.15, -0.1) is 11.3 Å². The Morgan fingerprint density at radius 2 is 1.89 bits per heavy atom. The number of nitrogens with two attached hydrogens (primary N) is 1. The van der Waals surface area contributed by atoms with Crippen LogP contribution >= 0.6 is 11.3 Å². The lowest BCUT2D eigenvalue weighted by Gasteiger charge is -2.24. The van der Waals surface area contributed by atoms with Crippen molar-refractivity contribution in [3.8, 4) is 11.1 Å². The third kappa shape index (κ3) is 4.94. The van der Waals surface area contributed by atoms with E-state index in [1.54, 1.807) is 12.3 Å². The SMILES string of the molecule is Cc1cnc(C(=O)Nc2cccc(-c3ccc(C(N)=O)c4c3C=C(C3=CCN(S(C)(=O)=O)CC3)C4)c2C)s1. The summed E-state index contributed by atoms with van der Waals surface area (Å²) in [6.45, 7) is 4.61. The first-order chi connectivity index (χ1) is 18.0. The molecule has 1 aliphatic carbocycles. The highest BCUT2D eigenvalue weighted by molar-refractivity contribution is 7.88. The smallest absolute Gasteiger partial charge is 0.284 e. The second-order valence-electron chi connectivity index (χ2n) is 9.57. The average molecular weight is 549 g/mol. The van der Waals surface area contributed by atoms with E-state index in [4.69, 9.17) is 5.73 Å². The van der Waals surface area contributed by atoms with E-state index in [0.29, 0.717) is 42.2 Å². The first-order valence-electron chi connectivity index (χ1n) is 12.2. The lowest BCUT2D eigenvalue weighted by atomic mass is 9.90. The van der Waals surface area contributed by atoms with Gasteiger partial charge in [-0.2, -0.15) is 4.31 Å². The Hall–Kier alpha value is -3.60. The highest BCUT2D eigenvalue weighted by Gasteiger charge is 2.27. The molecule has 3 N–H and O–H groups in total. The molecule has 3 aromatic rings. The van der Waals surface area contributed by atoms with Gasteiger partial charge in [-0.25, -0.2) is 13.4 Å². The molecule has 1 aliphatic heterocycles. The topological polar surface area (TPSA) is 122 Å². The zero-order valence-corrected chi connectivity index (χ0v) is 23.0. The molecule has 0 bridgehead atoms. The van der Waals surface area contributed by atoms with E-state index in [-0.39, 0.29) is 5.91 Å². The summed E-state index contributed by atoms with van der Waals surface area (Å²) in [6, 6.07) is 9.40. The van der Waals surface area contributed by atoms with Gasteiger partial charge in [-0.05, 0) is 77.8 Å². The molecule has 0 fully saturated rings. The number of aryl methyl sites for hydroxylation is 1. The number of anilines is 1. The van der Waals surface area contributed by atoms with E-state index >= 15 is 0 Å². The fourth-order valence-corrected chi connectivity index (χ4v) is 6.48. The largest absolute Gasteiger partial charge is 0.366 e. The molecular formula is C28H28N4O4S2. The van der Waals surface area contributed by atoms with Crippen LogP contribution in [0, 0.1) is 13.8 Å². The normalized spacial score (nSPS) is 15.6. The van der Waals surface area contributed by atoms with E-state index in [1.807, 2.05) is 44.2 Å². The van der Waals surface area contributed by atoms with Crippen LogP contribution in [0.4, 0.5) is 5.69 Å². The number of nitrogens with one attached hydrogen (secondary N) is 1. The number of hydrogen-bond donors (Lipinski definition) is 2. The maximum Gasteiger partial charge on any atom is 0.284 e. The predicted octanol–water partition coefficient (Wildman–Crippen LogP) is 4.31. The van der Waals surface area contributed by atoms with Gasteiger partial charge in [-0.3, -0.25) is 9.59 Å². The summed E-state index contributed by atoms with van der Waals surface area (Å²) in [5, 5.41) is 3.39. The van der Waals surface area contributed by atoms with Gasteiger partial charge in [-0.1, -0.05) is 30.4 Å². The number of rotatable bonds is 6. The van der Waals surface area contributed by atoms with Crippen LogP contribution in [0.2, 0.25) is 0 Å². The Morgan fingerprint density at radius 1 is 1.11 bits per heavy atom. The van der Waals surface area contributed by atoms with Crippen LogP contribution in [0.1, 0.15) is 48.1 Å².